The van der Waals surface area contributed by atoms with Crippen LogP contribution in [0.15, 0.2) is 35.8 Å². The molecule has 0 atom stereocenters. The molecular formula is C19H19N3O4S. The van der Waals surface area contributed by atoms with Gasteiger partial charge in [-0.2, -0.15) is 0 Å². The van der Waals surface area contributed by atoms with Crippen LogP contribution in [0.4, 0.5) is 0 Å². The first-order chi connectivity index (χ1) is 12.9. The third kappa shape index (κ3) is 3.56. The number of rotatable bonds is 7. The number of ether oxygens (including phenoxy) is 2. The molecule has 0 saturated heterocycles. The van der Waals surface area contributed by atoms with Crippen LogP contribution in [0.3, 0.4) is 0 Å². The number of nitrogens with zero attached hydrogens (tertiary/aromatic N) is 2. The van der Waals surface area contributed by atoms with Crippen LogP contribution in [-0.4, -0.2) is 35.0 Å². The zero-order chi connectivity index (χ0) is 19.6. The molecule has 1 aromatic carbocycles. The Morgan fingerprint density at radius 2 is 2.04 bits per heavy atom. The Morgan fingerprint density at radius 1 is 1.26 bits per heavy atom. The van der Waals surface area contributed by atoms with E-state index in [4.69, 9.17) is 15.2 Å². The summed E-state index contributed by atoms with van der Waals surface area (Å²) in [6, 6.07) is 6.61. The van der Waals surface area contributed by atoms with Gasteiger partial charge >= 0.3 is 0 Å². The fourth-order valence-corrected chi connectivity index (χ4v) is 3.65. The van der Waals surface area contributed by atoms with E-state index in [1.165, 1.54) is 24.5 Å². The van der Waals surface area contributed by atoms with Gasteiger partial charge in [0.15, 0.2) is 23.2 Å². The Labute approximate surface area is 160 Å². The standard InChI is InChI=1S/C19H19N3O4S/c1-11-9-14(12(2)22(11)19-21-7-8-27-19)15(23)10-26-17-13(18(20)24)5-4-6-16(17)25-3/h4-9H,10H2,1-3H3,(H2,20,24). The van der Waals surface area contributed by atoms with Crippen molar-refractivity contribution in [1.29, 1.82) is 0 Å². The Kier molecular flexibility index (Phi) is 5.27. The molecule has 0 unspecified atom stereocenters. The number of carbonyl (C=O) groups is 2. The van der Waals surface area contributed by atoms with Gasteiger partial charge in [0, 0.05) is 28.5 Å². The van der Waals surface area contributed by atoms with E-state index in [0.717, 1.165) is 16.5 Å². The van der Waals surface area contributed by atoms with Crippen molar-refractivity contribution in [2.24, 2.45) is 5.73 Å². The van der Waals surface area contributed by atoms with E-state index in [1.807, 2.05) is 23.8 Å². The highest BCUT2D eigenvalue weighted by atomic mass is 32.1. The number of amides is 1. The zero-order valence-electron chi connectivity index (χ0n) is 15.2. The number of nitrogens with two attached hydrogens (primary N) is 1. The van der Waals surface area contributed by atoms with E-state index < -0.39 is 5.91 Å². The normalized spacial score (nSPS) is 10.6. The molecule has 7 nitrogen and oxygen atoms in total. The highest BCUT2D eigenvalue weighted by molar-refractivity contribution is 7.12. The number of methoxy groups -OCH3 is 1. The molecule has 2 N–H and O–H groups in total. The van der Waals surface area contributed by atoms with Crippen molar-refractivity contribution in [1.82, 2.24) is 9.55 Å². The van der Waals surface area contributed by atoms with Crippen LogP contribution in [0, 0.1) is 13.8 Å². The van der Waals surface area contributed by atoms with Crippen molar-refractivity contribution in [3.8, 4) is 16.6 Å². The SMILES string of the molecule is COc1cccc(C(N)=O)c1OCC(=O)c1cc(C)n(-c2nccs2)c1C. The second kappa shape index (κ2) is 7.63. The van der Waals surface area contributed by atoms with Crippen molar-refractivity contribution in [2.45, 2.75) is 13.8 Å². The molecule has 8 heteroatoms. The summed E-state index contributed by atoms with van der Waals surface area (Å²) in [4.78, 5) is 28.7. The second-order valence-corrected chi connectivity index (χ2v) is 6.72. The lowest BCUT2D eigenvalue weighted by molar-refractivity contribution is 0.0909. The van der Waals surface area contributed by atoms with Crippen molar-refractivity contribution >= 4 is 23.0 Å². The van der Waals surface area contributed by atoms with E-state index in [1.54, 1.807) is 24.4 Å². The molecule has 2 aromatic heterocycles. The third-order valence-corrected chi connectivity index (χ3v) is 4.91. The lowest BCUT2D eigenvalue weighted by atomic mass is 10.1. The summed E-state index contributed by atoms with van der Waals surface area (Å²) in [5.41, 5.74) is 7.78. The maximum Gasteiger partial charge on any atom is 0.252 e. The molecule has 0 spiro atoms. The average molecular weight is 385 g/mol. The van der Waals surface area contributed by atoms with Gasteiger partial charge < -0.3 is 15.2 Å². The van der Waals surface area contributed by atoms with Gasteiger partial charge in [-0.1, -0.05) is 6.07 Å². The molecule has 0 aliphatic heterocycles. The van der Waals surface area contributed by atoms with E-state index in [9.17, 15) is 9.59 Å². The second-order valence-electron chi connectivity index (χ2n) is 5.85. The number of aryl methyl sites for hydroxylation is 1. The summed E-state index contributed by atoms with van der Waals surface area (Å²) in [5.74, 6) is -0.368. The minimum atomic E-state index is -0.654. The largest absolute Gasteiger partial charge is 0.493 e. The van der Waals surface area contributed by atoms with Crippen LogP contribution < -0.4 is 15.2 Å². The molecule has 3 rings (SSSR count). The quantitative estimate of drug-likeness (QED) is 0.631. The average Bonchev–Trinajstić information content (AvgIpc) is 3.26. The minimum absolute atomic E-state index is 0.162. The van der Waals surface area contributed by atoms with Gasteiger partial charge in [-0.25, -0.2) is 4.98 Å². The first kappa shape index (κ1) is 18.7. The third-order valence-electron chi connectivity index (χ3n) is 4.15. The number of thiazole rings is 1. The van der Waals surface area contributed by atoms with Crippen molar-refractivity contribution in [2.75, 3.05) is 13.7 Å². The van der Waals surface area contributed by atoms with Crippen LogP contribution in [0.2, 0.25) is 0 Å². The number of benzene rings is 1. The lowest BCUT2D eigenvalue weighted by Crippen LogP contribution is -2.17. The lowest BCUT2D eigenvalue weighted by Gasteiger charge is -2.13. The minimum Gasteiger partial charge on any atom is -0.493 e. The monoisotopic (exact) mass is 385 g/mol. The van der Waals surface area contributed by atoms with Gasteiger partial charge in [0.2, 0.25) is 5.78 Å². The molecule has 0 bridgehead atoms. The molecule has 0 aliphatic carbocycles. The first-order valence-corrected chi connectivity index (χ1v) is 9.03. The summed E-state index contributed by atoms with van der Waals surface area (Å²) in [6.07, 6.45) is 1.72. The summed E-state index contributed by atoms with van der Waals surface area (Å²) in [5, 5.41) is 2.68. The molecule has 3 aromatic rings. The van der Waals surface area contributed by atoms with Crippen LogP contribution in [0.1, 0.15) is 32.1 Å². The summed E-state index contributed by atoms with van der Waals surface area (Å²) in [6.45, 7) is 3.53. The molecule has 2 heterocycles. The molecule has 0 aliphatic rings. The van der Waals surface area contributed by atoms with Crippen molar-refractivity contribution in [3.63, 3.8) is 0 Å². The topological polar surface area (TPSA) is 96.4 Å². The van der Waals surface area contributed by atoms with Gasteiger partial charge in [-0.3, -0.25) is 14.2 Å². The Morgan fingerprint density at radius 3 is 2.67 bits per heavy atom. The highest BCUT2D eigenvalue weighted by Gasteiger charge is 2.20. The first-order valence-electron chi connectivity index (χ1n) is 8.15. The van der Waals surface area contributed by atoms with Gasteiger partial charge in [0.25, 0.3) is 5.91 Å². The number of carbonyl (C=O) groups excluding carboxylic acids is 2. The number of primary amides is 1. The molecule has 140 valence electrons. The predicted molar refractivity (Wildman–Crippen MR) is 102 cm³/mol. The van der Waals surface area contributed by atoms with Crippen LogP contribution in [-0.2, 0) is 0 Å². The van der Waals surface area contributed by atoms with Gasteiger partial charge in [0.1, 0.15) is 0 Å². The summed E-state index contributed by atoms with van der Waals surface area (Å²) < 4.78 is 12.8. The van der Waals surface area contributed by atoms with Crippen LogP contribution in [0.25, 0.3) is 5.13 Å². The van der Waals surface area contributed by atoms with Gasteiger partial charge in [-0.15, -0.1) is 11.3 Å². The molecular weight excluding hydrogens is 366 g/mol. The van der Waals surface area contributed by atoms with Crippen LogP contribution in [0.5, 0.6) is 11.5 Å². The van der Waals surface area contributed by atoms with Gasteiger partial charge in [-0.05, 0) is 32.0 Å². The summed E-state index contributed by atoms with van der Waals surface area (Å²) >= 11 is 1.49. The number of ketones is 1. The van der Waals surface area contributed by atoms with Crippen LogP contribution >= 0.6 is 11.3 Å². The maximum absolute atomic E-state index is 12.7. The molecule has 27 heavy (non-hydrogen) atoms. The van der Waals surface area contributed by atoms with E-state index >= 15 is 0 Å². The highest BCUT2D eigenvalue weighted by Crippen LogP contribution is 2.31. The van der Waals surface area contributed by atoms with E-state index in [-0.39, 0.29) is 23.7 Å². The van der Waals surface area contributed by atoms with E-state index in [0.29, 0.717) is 11.3 Å². The smallest absolute Gasteiger partial charge is 0.252 e. The Balaban J connectivity index is 1.86. The number of hydrogen-bond acceptors (Lipinski definition) is 6. The number of para-hydroxylation sites is 1. The molecule has 1 amide bonds. The molecule has 0 saturated carbocycles. The van der Waals surface area contributed by atoms with Crippen molar-refractivity contribution in [3.05, 3.63) is 58.4 Å². The Bertz CT molecular complexity index is 993. The fourth-order valence-electron chi connectivity index (χ4n) is 2.90. The molecule has 0 fully saturated rings. The number of aromatic nitrogens is 2. The van der Waals surface area contributed by atoms with Crippen molar-refractivity contribution < 1.29 is 19.1 Å². The number of hydrogen-bond donors (Lipinski definition) is 1. The van der Waals surface area contributed by atoms with E-state index in [2.05, 4.69) is 4.98 Å². The molecule has 0 radical (unpaired) electrons. The zero-order valence-corrected chi connectivity index (χ0v) is 16.0. The predicted octanol–water partition coefficient (Wildman–Crippen LogP) is 2.92. The Hall–Kier alpha value is -3.13. The van der Waals surface area contributed by atoms with Gasteiger partial charge in [0.05, 0.1) is 12.7 Å². The summed E-state index contributed by atoms with van der Waals surface area (Å²) in [7, 11) is 1.45. The maximum atomic E-state index is 12.7. The fraction of sp³-hybridized carbons (Fsp3) is 0.211. The number of Topliss-reactive ketones (excluding diaryl/α,β-unsaturated/α-hetero) is 1.